The van der Waals surface area contributed by atoms with Crippen LogP contribution in [0.25, 0.3) is 11.3 Å². The number of hydrogen-bond acceptors (Lipinski definition) is 4. The first-order chi connectivity index (χ1) is 9.54. The molecule has 0 N–H and O–H groups in total. The van der Waals surface area contributed by atoms with Crippen LogP contribution >= 0.6 is 23.7 Å². The minimum absolute atomic E-state index is 0. The average molecular weight is 324 g/mol. The number of hydrogen-bond donors (Lipinski definition) is 0. The van der Waals surface area contributed by atoms with Gasteiger partial charge in [0.2, 0.25) is 0 Å². The van der Waals surface area contributed by atoms with Gasteiger partial charge in [0.05, 0.1) is 11.4 Å². The van der Waals surface area contributed by atoms with Gasteiger partial charge < -0.3 is 4.90 Å². The predicted octanol–water partition coefficient (Wildman–Crippen LogP) is 4.05. The maximum atomic E-state index is 4.87. The summed E-state index contributed by atoms with van der Waals surface area (Å²) in [4.78, 5) is 13.4. The first kappa shape index (κ1) is 16.4. The van der Waals surface area contributed by atoms with Gasteiger partial charge in [0.25, 0.3) is 0 Å². The fourth-order valence-electron chi connectivity index (χ4n) is 2.64. The molecule has 1 aliphatic rings. The molecule has 0 amide bonds. The topological polar surface area (TPSA) is 29.0 Å². The molecule has 0 saturated heterocycles. The van der Waals surface area contributed by atoms with E-state index < -0.39 is 0 Å². The lowest BCUT2D eigenvalue weighted by atomic mass is 9.99. The van der Waals surface area contributed by atoms with E-state index in [4.69, 9.17) is 9.97 Å². The number of thiophene rings is 1. The van der Waals surface area contributed by atoms with Gasteiger partial charge >= 0.3 is 0 Å². The van der Waals surface area contributed by atoms with Crippen LogP contribution in [0.3, 0.4) is 0 Å². The summed E-state index contributed by atoms with van der Waals surface area (Å²) in [6.07, 6.45) is 1.05. The zero-order chi connectivity index (χ0) is 14.3. The molecule has 3 rings (SSSR count). The molecule has 2 aromatic rings. The standard InChI is InChI=1S/C16H21N3S.ClH/c1-10(2)16-17-14-8-19(4)6-5-13(14)15(18-16)12-7-11(3)20-9-12;/h7,9-10H,5-6,8H2,1-4H3;1H. The summed E-state index contributed by atoms with van der Waals surface area (Å²) in [5.74, 6) is 1.34. The van der Waals surface area contributed by atoms with E-state index in [2.05, 4.69) is 44.2 Å². The summed E-state index contributed by atoms with van der Waals surface area (Å²) in [6, 6.07) is 2.25. The van der Waals surface area contributed by atoms with Crippen LogP contribution in [-0.4, -0.2) is 28.5 Å². The molecule has 0 aliphatic carbocycles. The van der Waals surface area contributed by atoms with E-state index in [1.54, 1.807) is 11.3 Å². The molecule has 3 heterocycles. The van der Waals surface area contributed by atoms with Crippen LogP contribution in [0, 0.1) is 6.92 Å². The van der Waals surface area contributed by atoms with Crippen LogP contribution in [0.2, 0.25) is 0 Å². The van der Waals surface area contributed by atoms with Crippen LogP contribution in [0.5, 0.6) is 0 Å². The third kappa shape index (κ3) is 3.28. The van der Waals surface area contributed by atoms with Crippen molar-refractivity contribution < 1.29 is 0 Å². The number of aromatic nitrogens is 2. The van der Waals surface area contributed by atoms with Crippen molar-refractivity contribution in [2.45, 2.75) is 39.7 Å². The fraction of sp³-hybridized carbons (Fsp3) is 0.500. The molecule has 0 atom stereocenters. The quantitative estimate of drug-likeness (QED) is 0.835. The van der Waals surface area contributed by atoms with E-state index in [0.717, 1.165) is 31.0 Å². The van der Waals surface area contributed by atoms with E-state index in [1.807, 2.05) is 0 Å². The molecular formula is C16H22ClN3S. The minimum Gasteiger partial charge on any atom is -0.300 e. The van der Waals surface area contributed by atoms with E-state index in [0.29, 0.717) is 5.92 Å². The second kappa shape index (κ2) is 6.42. The average Bonchev–Trinajstić information content (AvgIpc) is 2.83. The molecule has 0 saturated carbocycles. The number of rotatable bonds is 2. The van der Waals surface area contributed by atoms with Crippen molar-refractivity contribution in [3.8, 4) is 11.3 Å². The molecule has 0 bridgehead atoms. The van der Waals surface area contributed by atoms with E-state index in [9.17, 15) is 0 Å². The minimum atomic E-state index is 0. The molecule has 0 spiro atoms. The van der Waals surface area contributed by atoms with Crippen molar-refractivity contribution in [2.75, 3.05) is 13.6 Å². The Kier molecular flexibility index (Phi) is 5.02. The molecule has 114 valence electrons. The van der Waals surface area contributed by atoms with Gasteiger partial charge in [0, 0.05) is 40.4 Å². The highest BCUT2D eigenvalue weighted by molar-refractivity contribution is 7.10. The van der Waals surface area contributed by atoms with E-state index >= 15 is 0 Å². The van der Waals surface area contributed by atoms with Crippen molar-refractivity contribution in [1.29, 1.82) is 0 Å². The summed E-state index contributed by atoms with van der Waals surface area (Å²) in [5, 5.41) is 2.22. The highest BCUT2D eigenvalue weighted by Gasteiger charge is 2.22. The maximum Gasteiger partial charge on any atom is 0.131 e. The van der Waals surface area contributed by atoms with Crippen LogP contribution in [0.15, 0.2) is 11.4 Å². The maximum absolute atomic E-state index is 4.87. The zero-order valence-electron chi connectivity index (χ0n) is 13.0. The van der Waals surface area contributed by atoms with Gasteiger partial charge in [-0.25, -0.2) is 9.97 Å². The summed E-state index contributed by atoms with van der Waals surface area (Å²) in [5.41, 5.74) is 5.00. The van der Waals surface area contributed by atoms with Gasteiger partial charge in [-0.3, -0.25) is 0 Å². The lowest BCUT2D eigenvalue weighted by Crippen LogP contribution is -2.29. The Bertz CT molecular complexity index is 636. The van der Waals surface area contributed by atoms with Crippen molar-refractivity contribution in [3.05, 3.63) is 33.4 Å². The van der Waals surface area contributed by atoms with Crippen LogP contribution < -0.4 is 0 Å². The first-order valence-corrected chi connectivity index (χ1v) is 8.06. The number of nitrogens with zero attached hydrogens (tertiary/aromatic N) is 3. The highest BCUT2D eigenvalue weighted by atomic mass is 35.5. The SMILES string of the molecule is Cc1cc(-c2nc(C(C)C)nc3c2CCN(C)C3)cs1.Cl. The summed E-state index contributed by atoms with van der Waals surface area (Å²) >= 11 is 1.79. The molecule has 0 fully saturated rings. The second-order valence-corrected chi connectivity index (χ2v) is 7.06. The van der Waals surface area contributed by atoms with Crippen molar-refractivity contribution in [3.63, 3.8) is 0 Å². The predicted molar refractivity (Wildman–Crippen MR) is 91.5 cm³/mol. The lowest BCUT2D eigenvalue weighted by Gasteiger charge is -2.26. The Morgan fingerprint density at radius 1 is 1.29 bits per heavy atom. The number of aryl methyl sites for hydroxylation is 1. The fourth-order valence-corrected chi connectivity index (χ4v) is 3.33. The summed E-state index contributed by atoms with van der Waals surface area (Å²) < 4.78 is 0. The van der Waals surface area contributed by atoms with Crippen LogP contribution in [0.4, 0.5) is 0 Å². The Morgan fingerprint density at radius 3 is 2.67 bits per heavy atom. The van der Waals surface area contributed by atoms with Crippen molar-refractivity contribution in [2.24, 2.45) is 0 Å². The van der Waals surface area contributed by atoms with Gasteiger partial charge in [-0.05, 0) is 26.5 Å². The summed E-state index contributed by atoms with van der Waals surface area (Å²) in [7, 11) is 2.16. The molecule has 21 heavy (non-hydrogen) atoms. The molecule has 0 unspecified atom stereocenters. The van der Waals surface area contributed by atoms with Gasteiger partial charge in [-0.2, -0.15) is 0 Å². The lowest BCUT2D eigenvalue weighted by molar-refractivity contribution is 0.306. The molecular weight excluding hydrogens is 302 g/mol. The third-order valence-electron chi connectivity index (χ3n) is 3.79. The van der Waals surface area contributed by atoms with Crippen LogP contribution in [-0.2, 0) is 13.0 Å². The number of fused-ring (bicyclic) bond motifs is 1. The van der Waals surface area contributed by atoms with Gasteiger partial charge in [0.1, 0.15) is 5.82 Å². The molecule has 2 aromatic heterocycles. The van der Waals surface area contributed by atoms with Crippen LogP contribution in [0.1, 0.15) is 41.7 Å². The smallest absolute Gasteiger partial charge is 0.131 e. The van der Waals surface area contributed by atoms with E-state index in [1.165, 1.54) is 21.7 Å². The number of halogens is 1. The second-order valence-electron chi connectivity index (χ2n) is 5.94. The number of likely N-dealkylation sites (N-methyl/N-ethyl adjacent to an activating group) is 1. The van der Waals surface area contributed by atoms with E-state index in [-0.39, 0.29) is 12.4 Å². The Balaban J connectivity index is 0.00000161. The van der Waals surface area contributed by atoms with Gasteiger partial charge in [-0.15, -0.1) is 23.7 Å². The Morgan fingerprint density at radius 2 is 2.05 bits per heavy atom. The highest BCUT2D eigenvalue weighted by Crippen LogP contribution is 2.31. The molecule has 1 aliphatic heterocycles. The van der Waals surface area contributed by atoms with Gasteiger partial charge in [0.15, 0.2) is 0 Å². The van der Waals surface area contributed by atoms with Gasteiger partial charge in [-0.1, -0.05) is 13.8 Å². The molecule has 3 nitrogen and oxygen atoms in total. The normalized spacial score (nSPS) is 14.9. The zero-order valence-corrected chi connectivity index (χ0v) is 14.6. The summed E-state index contributed by atoms with van der Waals surface area (Å²) in [6.45, 7) is 8.51. The van der Waals surface area contributed by atoms with Crippen molar-refractivity contribution >= 4 is 23.7 Å². The largest absolute Gasteiger partial charge is 0.300 e. The first-order valence-electron chi connectivity index (χ1n) is 7.18. The Hall–Kier alpha value is -0.970. The molecule has 0 radical (unpaired) electrons. The third-order valence-corrected chi connectivity index (χ3v) is 4.66. The molecule has 5 heteroatoms. The molecule has 0 aromatic carbocycles. The van der Waals surface area contributed by atoms with Crippen molar-refractivity contribution in [1.82, 2.24) is 14.9 Å². The monoisotopic (exact) mass is 323 g/mol. The Labute approximate surface area is 136 Å².